The van der Waals surface area contributed by atoms with E-state index in [4.69, 9.17) is 0 Å². The van der Waals surface area contributed by atoms with Crippen LogP contribution in [0, 0.1) is 10.1 Å². The summed E-state index contributed by atoms with van der Waals surface area (Å²) in [7, 11) is 0. The van der Waals surface area contributed by atoms with E-state index in [1.165, 1.54) is 41.3 Å². The standard InChI is InChI=1S/C19H15N3O5S/c1-2-8-21-18(25)17(10-12-9-14(22(26)27)6-7-16(12)24)28-19(21)20-13-4-3-5-15(23)11-13/h2-7,9-11,23-24H,1,8H2/b17-10-,20-19?. The highest BCUT2D eigenvalue weighted by Crippen LogP contribution is 2.36. The van der Waals surface area contributed by atoms with Gasteiger partial charge in [-0.1, -0.05) is 12.1 Å². The lowest BCUT2D eigenvalue weighted by atomic mass is 10.1. The van der Waals surface area contributed by atoms with Gasteiger partial charge in [-0.2, -0.15) is 0 Å². The summed E-state index contributed by atoms with van der Waals surface area (Å²) in [6.45, 7) is 3.85. The summed E-state index contributed by atoms with van der Waals surface area (Å²) < 4.78 is 0. The zero-order valence-electron chi connectivity index (χ0n) is 14.5. The van der Waals surface area contributed by atoms with Crippen molar-refractivity contribution in [1.29, 1.82) is 0 Å². The maximum absolute atomic E-state index is 12.7. The van der Waals surface area contributed by atoms with Gasteiger partial charge in [-0.05, 0) is 36.0 Å². The molecule has 0 aromatic heterocycles. The van der Waals surface area contributed by atoms with Crippen LogP contribution in [0.3, 0.4) is 0 Å². The minimum Gasteiger partial charge on any atom is -0.508 e. The Hall–Kier alpha value is -3.59. The first kappa shape index (κ1) is 19.2. The van der Waals surface area contributed by atoms with Crippen molar-refractivity contribution in [2.24, 2.45) is 4.99 Å². The zero-order chi connectivity index (χ0) is 20.3. The number of carbonyl (C=O) groups excluding carboxylic acids is 1. The smallest absolute Gasteiger partial charge is 0.270 e. The lowest BCUT2D eigenvalue weighted by Gasteiger charge is -2.12. The topological polar surface area (TPSA) is 116 Å². The van der Waals surface area contributed by atoms with Crippen LogP contribution in [0.4, 0.5) is 11.4 Å². The van der Waals surface area contributed by atoms with Gasteiger partial charge in [-0.25, -0.2) is 4.99 Å². The second-order valence-corrected chi connectivity index (χ2v) is 6.74. The van der Waals surface area contributed by atoms with Crippen molar-refractivity contribution >= 4 is 40.3 Å². The van der Waals surface area contributed by atoms with Crippen LogP contribution in [0.2, 0.25) is 0 Å². The van der Waals surface area contributed by atoms with Crippen molar-refractivity contribution in [3.63, 3.8) is 0 Å². The minimum atomic E-state index is -0.580. The summed E-state index contributed by atoms with van der Waals surface area (Å²) in [4.78, 5) is 29.2. The van der Waals surface area contributed by atoms with Crippen LogP contribution in [0.25, 0.3) is 6.08 Å². The van der Waals surface area contributed by atoms with Gasteiger partial charge in [0.15, 0.2) is 5.17 Å². The first-order valence-electron chi connectivity index (χ1n) is 8.06. The Labute approximate surface area is 164 Å². The number of phenolic OH excluding ortho intramolecular Hbond substituents is 2. The molecule has 2 aromatic rings. The molecule has 0 aliphatic carbocycles. The summed E-state index contributed by atoms with van der Waals surface area (Å²) in [5.74, 6) is -0.501. The molecule has 142 valence electrons. The molecule has 0 saturated carbocycles. The molecule has 0 spiro atoms. The van der Waals surface area contributed by atoms with Gasteiger partial charge in [0.05, 0.1) is 15.5 Å². The Balaban J connectivity index is 2.01. The number of rotatable bonds is 5. The largest absolute Gasteiger partial charge is 0.508 e. The van der Waals surface area contributed by atoms with Crippen molar-refractivity contribution in [1.82, 2.24) is 4.90 Å². The highest BCUT2D eigenvalue weighted by Gasteiger charge is 2.33. The van der Waals surface area contributed by atoms with Gasteiger partial charge >= 0.3 is 0 Å². The normalized spacial score (nSPS) is 16.7. The maximum atomic E-state index is 12.7. The lowest BCUT2D eigenvalue weighted by molar-refractivity contribution is -0.384. The number of nitrogens with zero attached hydrogens (tertiary/aromatic N) is 3. The van der Waals surface area contributed by atoms with Crippen LogP contribution < -0.4 is 0 Å². The quantitative estimate of drug-likeness (QED) is 0.343. The number of hydrogen-bond acceptors (Lipinski definition) is 7. The van der Waals surface area contributed by atoms with E-state index in [9.17, 15) is 25.1 Å². The highest BCUT2D eigenvalue weighted by molar-refractivity contribution is 8.18. The molecule has 1 amide bonds. The van der Waals surface area contributed by atoms with Crippen LogP contribution in [0.15, 0.2) is 65.0 Å². The third kappa shape index (κ3) is 4.04. The van der Waals surface area contributed by atoms with Crippen molar-refractivity contribution in [3.05, 3.63) is 75.7 Å². The highest BCUT2D eigenvalue weighted by atomic mass is 32.2. The van der Waals surface area contributed by atoms with E-state index < -0.39 is 4.92 Å². The number of aromatic hydroxyl groups is 2. The van der Waals surface area contributed by atoms with E-state index in [2.05, 4.69) is 11.6 Å². The zero-order valence-corrected chi connectivity index (χ0v) is 15.3. The third-order valence-electron chi connectivity index (χ3n) is 3.76. The molecule has 3 rings (SSSR count). The molecule has 1 saturated heterocycles. The van der Waals surface area contributed by atoms with E-state index in [0.29, 0.717) is 10.9 Å². The second kappa shape index (κ2) is 7.97. The fourth-order valence-corrected chi connectivity index (χ4v) is 3.47. The first-order valence-corrected chi connectivity index (χ1v) is 8.88. The average Bonchev–Trinajstić information content (AvgIpc) is 2.92. The summed E-state index contributed by atoms with van der Waals surface area (Å²) in [5, 5.41) is 30.9. The lowest BCUT2D eigenvalue weighted by Crippen LogP contribution is -2.29. The van der Waals surface area contributed by atoms with E-state index in [0.717, 1.165) is 11.8 Å². The molecule has 0 radical (unpaired) electrons. The maximum Gasteiger partial charge on any atom is 0.270 e. The Morgan fingerprint density at radius 3 is 2.71 bits per heavy atom. The van der Waals surface area contributed by atoms with Gasteiger partial charge in [0.1, 0.15) is 11.5 Å². The Kier molecular flexibility index (Phi) is 5.46. The molecule has 2 aromatic carbocycles. The van der Waals surface area contributed by atoms with Crippen LogP contribution in [0.1, 0.15) is 5.56 Å². The predicted octanol–water partition coefficient (Wildman–Crippen LogP) is 3.80. The monoisotopic (exact) mass is 397 g/mol. The van der Waals surface area contributed by atoms with Crippen molar-refractivity contribution in [2.75, 3.05) is 6.54 Å². The van der Waals surface area contributed by atoms with Gasteiger partial charge < -0.3 is 10.2 Å². The van der Waals surface area contributed by atoms with Gasteiger partial charge in [0.2, 0.25) is 0 Å². The van der Waals surface area contributed by atoms with Crippen molar-refractivity contribution < 1.29 is 19.9 Å². The van der Waals surface area contributed by atoms with Gasteiger partial charge in [-0.3, -0.25) is 19.8 Å². The molecule has 0 atom stereocenters. The number of carbonyl (C=O) groups is 1. The van der Waals surface area contributed by atoms with E-state index in [1.54, 1.807) is 18.2 Å². The Morgan fingerprint density at radius 1 is 1.25 bits per heavy atom. The predicted molar refractivity (Wildman–Crippen MR) is 107 cm³/mol. The molecular weight excluding hydrogens is 382 g/mol. The average molecular weight is 397 g/mol. The van der Waals surface area contributed by atoms with Crippen LogP contribution in [0.5, 0.6) is 11.5 Å². The first-order chi connectivity index (χ1) is 13.4. The number of hydrogen-bond donors (Lipinski definition) is 2. The molecule has 8 nitrogen and oxygen atoms in total. The molecule has 2 N–H and O–H groups in total. The number of phenols is 2. The third-order valence-corrected chi connectivity index (χ3v) is 4.77. The molecule has 1 fully saturated rings. The number of amides is 1. The van der Waals surface area contributed by atoms with Gasteiger partial charge in [0.25, 0.3) is 11.6 Å². The van der Waals surface area contributed by atoms with Crippen molar-refractivity contribution in [2.45, 2.75) is 0 Å². The number of nitro benzene ring substituents is 1. The molecular formula is C19H15N3O5S. The second-order valence-electron chi connectivity index (χ2n) is 5.73. The molecule has 1 aliphatic heterocycles. The number of aliphatic imine (C=N–C) groups is 1. The van der Waals surface area contributed by atoms with Crippen LogP contribution in [-0.2, 0) is 4.79 Å². The number of thioether (sulfide) groups is 1. The van der Waals surface area contributed by atoms with Crippen LogP contribution >= 0.6 is 11.8 Å². The van der Waals surface area contributed by atoms with E-state index in [-0.39, 0.29) is 40.1 Å². The summed E-state index contributed by atoms with van der Waals surface area (Å²) in [6.07, 6.45) is 2.93. The molecule has 1 aliphatic rings. The van der Waals surface area contributed by atoms with Gasteiger partial charge in [0, 0.05) is 30.3 Å². The molecule has 0 unspecified atom stereocenters. The minimum absolute atomic E-state index is 0.0451. The van der Waals surface area contributed by atoms with Crippen LogP contribution in [-0.4, -0.2) is 37.7 Å². The van der Waals surface area contributed by atoms with E-state index >= 15 is 0 Å². The molecule has 9 heteroatoms. The Bertz CT molecular complexity index is 1030. The molecule has 1 heterocycles. The SMILES string of the molecule is C=CCN1C(=O)/C(=C/c2cc([N+](=O)[O-])ccc2O)SC1=Nc1cccc(O)c1. The molecule has 28 heavy (non-hydrogen) atoms. The number of nitro groups is 1. The summed E-state index contributed by atoms with van der Waals surface area (Å²) in [6, 6.07) is 9.85. The number of non-ortho nitro benzene ring substituents is 1. The van der Waals surface area contributed by atoms with Crippen molar-refractivity contribution in [3.8, 4) is 11.5 Å². The van der Waals surface area contributed by atoms with E-state index in [1.807, 2.05) is 0 Å². The fraction of sp³-hybridized carbons (Fsp3) is 0.0526. The number of amidine groups is 1. The number of benzene rings is 2. The van der Waals surface area contributed by atoms with Gasteiger partial charge in [-0.15, -0.1) is 6.58 Å². The Morgan fingerprint density at radius 2 is 2.04 bits per heavy atom. The fourth-order valence-electron chi connectivity index (χ4n) is 2.47. The summed E-state index contributed by atoms with van der Waals surface area (Å²) in [5.41, 5.74) is 0.419. The summed E-state index contributed by atoms with van der Waals surface area (Å²) >= 11 is 1.06. The molecule has 0 bridgehead atoms.